The molecule has 1 amide bonds. The maximum Gasteiger partial charge on any atom is 0.257 e. The first kappa shape index (κ1) is 13.7. The van der Waals surface area contributed by atoms with Crippen LogP contribution in [0.4, 0.5) is 14.5 Å². The summed E-state index contributed by atoms with van der Waals surface area (Å²) in [6.07, 6.45) is 1.92. The minimum atomic E-state index is -1.05. The van der Waals surface area contributed by atoms with Crippen molar-refractivity contribution in [2.45, 2.75) is 25.4 Å². The van der Waals surface area contributed by atoms with E-state index in [2.05, 4.69) is 5.32 Å². The molecule has 2 atom stereocenters. The summed E-state index contributed by atoms with van der Waals surface area (Å²) in [5, 5.41) is 12.1. The van der Waals surface area contributed by atoms with E-state index in [1.165, 1.54) is 0 Å². The fraction of sp³-hybridized carbons (Fsp3) is 0.462. The standard InChI is InChI=1S/C13H16F2N2O2/c14-8-4-5-9(16)12(15)11(8)13(19)17-6-7-2-1-3-10(7)18/h4-5,7,10,18H,1-3,6,16H2,(H,17,19). The summed E-state index contributed by atoms with van der Waals surface area (Å²) in [5.74, 6) is -2.90. The smallest absolute Gasteiger partial charge is 0.257 e. The lowest BCUT2D eigenvalue weighted by Crippen LogP contribution is -2.33. The van der Waals surface area contributed by atoms with Gasteiger partial charge in [-0.2, -0.15) is 0 Å². The molecule has 2 rings (SSSR count). The largest absolute Gasteiger partial charge is 0.396 e. The van der Waals surface area contributed by atoms with E-state index in [1.807, 2.05) is 0 Å². The average molecular weight is 270 g/mol. The first-order chi connectivity index (χ1) is 9.00. The molecule has 19 heavy (non-hydrogen) atoms. The number of hydrogen-bond donors (Lipinski definition) is 3. The van der Waals surface area contributed by atoms with Crippen LogP contribution in [0.15, 0.2) is 12.1 Å². The molecule has 1 aromatic carbocycles. The highest BCUT2D eigenvalue weighted by molar-refractivity contribution is 5.95. The Labute approximate surface area is 109 Å². The number of halogens is 2. The first-order valence-corrected chi connectivity index (χ1v) is 6.20. The highest BCUT2D eigenvalue weighted by atomic mass is 19.1. The molecular weight excluding hydrogens is 254 g/mol. The Balaban J connectivity index is 2.06. The Kier molecular flexibility index (Phi) is 3.99. The lowest BCUT2D eigenvalue weighted by Gasteiger charge is -2.15. The van der Waals surface area contributed by atoms with Crippen molar-refractivity contribution in [1.29, 1.82) is 0 Å². The van der Waals surface area contributed by atoms with Crippen LogP contribution < -0.4 is 11.1 Å². The van der Waals surface area contributed by atoms with Gasteiger partial charge in [-0.15, -0.1) is 0 Å². The quantitative estimate of drug-likeness (QED) is 0.727. The number of nitrogens with two attached hydrogens (primary N) is 1. The third kappa shape index (κ3) is 2.84. The predicted octanol–water partition coefficient (Wildman–Crippen LogP) is 1.44. The molecule has 1 aliphatic carbocycles. The molecule has 0 aliphatic heterocycles. The van der Waals surface area contributed by atoms with Gasteiger partial charge in [-0.25, -0.2) is 8.78 Å². The van der Waals surface area contributed by atoms with E-state index in [9.17, 15) is 18.7 Å². The topological polar surface area (TPSA) is 75.4 Å². The van der Waals surface area contributed by atoms with Crippen molar-refractivity contribution in [2.24, 2.45) is 5.92 Å². The molecule has 1 aromatic rings. The monoisotopic (exact) mass is 270 g/mol. The van der Waals surface area contributed by atoms with Crippen LogP contribution in [0.1, 0.15) is 29.6 Å². The average Bonchev–Trinajstić information content (AvgIpc) is 2.77. The maximum atomic E-state index is 13.6. The van der Waals surface area contributed by atoms with Crippen LogP contribution in [-0.2, 0) is 0 Å². The van der Waals surface area contributed by atoms with Crippen LogP contribution in [-0.4, -0.2) is 23.7 Å². The third-order valence-electron chi connectivity index (χ3n) is 3.49. The van der Waals surface area contributed by atoms with Crippen LogP contribution >= 0.6 is 0 Å². The zero-order valence-electron chi connectivity index (χ0n) is 10.3. The molecule has 104 valence electrons. The molecule has 0 aromatic heterocycles. The molecule has 1 aliphatic rings. The van der Waals surface area contributed by atoms with E-state index in [1.54, 1.807) is 0 Å². The number of amides is 1. The third-order valence-corrected chi connectivity index (χ3v) is 3.49. The van der Waals surface area contributed by atoms with Crippen molar-refractivity contribution in [2.75, 3.05) is 12.3 Å². The Hall–Kier alpha value is -1.69. The van der Waals surface area contributed by atoms with E-state index in [0.717, 1.165) is 25.0 Å². The summed E-state index contributed by atoms with van der Waals surface area (Å²) in [4.78, 5) is 11.8. The Morgan fingerprint density at radius 1 is 1.42 bits per heavy atom. The van der Waals surface area contributed by atoms with Crippen molar-refractivity contribution >= 4 is 11.6 Å². The van der Waals surface area contributed by atoms with Gasteiger partial charge in [0.15, 0.2) is 5.82 Å². The van der Waals surface area contributed by atoms with Crippen LogP contribution in [0.3, 0.4) is 0 Å². The second-order valence-corrected chi connectivity index (χ2v) is 4.79. The SMILES string of the molecule is Nc1ccc(F)c(C(=O)NCC2CCCC2O)c1F. The van der Waals surface area contributed by atoms with Crippen LogP contribution in [0.5, 0.6) is 0 Å². The highest BCUT2D eigenvalue weighted by Gasteiger charge is 2.26. The van der Waals surface area contributed by atoms with E-state index < -0.39 is 29.2 Å². The van der Waals surface area contributed by atoms with Gasteiger partial charge in [-0.3, -0.25) is 4.79 Å². The van der Waals surface area contributed by atoms with Crippen molar-refractivity contribution in [3.63, 3.8) is 0 Å². The predicted molar refractivity (Wildman–Crippen MR) is 66.5 cm³/mol. The number of benzene rings is 1. The summed E-state index contributed by atoms with van der Waals surface area (Å²) >= 11 is 0. The minimum absolute atomic E-state index is 0.0591. The maximum absolute atomic E-state index is 13.6. The molecule has 0 heterocycles. The number of nitrogen functional groups attached to an aromatic ring is 1. The molecular formula is C13H16F2N2O2. The van der Waals surface area contributed by atoms with Crippen molar-refractivity contribution < 1.29 is 18.7 Å². The van der Waals surface area contributed by atoms with Crippen molar-refractivity contribution in [3.8, 4) is 0 Å². The van der Waals surface area contributed by atoms with Crippen molar-refractivity contribution in [3.05, 3.63) is 29.3 Å². The molecule has 1 fully saturated rings. The summed E-state index contributed by atoms with van der Waals surface area (Å²) in [5.41, 5.74) is 4.36. The lowest BCUT2D eigenvalue weighted by atomic mass is 10.1. The highest BCUT2D eigenvalue weighted by Crippen LogP contribution is 2.25. The fourth-order valence-electron chi connectivity index (χ4n) is 2.34. The molecule has 0 radical (unpaired) electrons. The van der Waals surface area contributed by atoms with E-state index in [0.29, 0.717) is 6.42 Å². The zero-order chi connectivity index (χ0) is 14.0. The molecule has 0 saturated heterocycles. The van der Waals surface area contributed by atoms with Gasteiger partial charge in [0.1, 0.15) is 11.4 Å². The zero-order valence-corrected chi connectivity index (χ0v) is 10.3. The van der Waals surface area contributed by atoms with E-state index in [-0.39, 0.29) is 18.2 Å². The van der Waals surface area contributed by atoms with Gasteiger partial charge in [-0.1, -0.05) is 6.42 Å². The van der Waals surface area contributed by atoms with Crippen molar-refractivity contribution in [1.82, 2.24) is 5.32 Å². The number of aliphatic hydroxyl groups excluding tert-OH is 1. The molecule has 1 saturated carbocycles. The molecule has 0 spiro atoms. The summed E-state index contributed by atoms with van der Waals surface area (Å²) in [6, 6.07) is 2.03. The Bertz CT molecular complexity index is 494. The number of carbonyl (C=O) groups is 1. The number of aliphatic hydroxyl groups is 1. The number of rotatable bonds is 3. The Morgan fingerprint density at radius 2 is 2.16 bits per heavy atom. The van der Waals surface area contributed by atoms with E-state index >= 15 is 0 Å². The van der Waals surface area contributed by atoms with Gasteiger partial charge < -0.3 is 16.2 Å². The molecule has 0 bridgehead atoms. The number of nitrogens with one attached hydrogen (secondary N) is 1. The van der Waals surface area contributed by atoms with Gasteiger partial charge in [0.2, 0.25) is 0 Å². The molecule has 6 heteroatoms. The summed E-state index contributed by atoms with van der Waals surface area (Å²) < 4.78 is 27.1. The summed E-state index contributed by atoms with van der Waals surface area (Å²) in [6.45, 7) is 0.202. The molecule has 4 nitrogen and oxygen atoms in total. The molecule has 2 unspecified atom stereocenters. The second-order valence-electron chi connectivity index (χ2n) is 4.79. The number of carbonyl (C=O) groups excluding carboxylic acids is 1. The van der Waals surface area contributed by atoms with Gasteiger partial charge in [-0.05, 0) is 25.0 Å². The van der Waals surface area contributed by atoms with E-state index in [4.69, 9.17) is 5.73 Å². The van der Waals surface area contributed by atoms with Crippen LogP contribution in [0.25, 0.3) is 0 Å². The normalized spacial score (nSPS) is 22.5. The Morgan fingerprint density at radius 3 is 2.79 bits per heavy atom. The van der Waals surface area contributed by atoms with Gasteiger partial charge >= 0.3 is 0 Å². The van der Waals surface area contributed by atoms with Crippen LogP contribution in [0.2, 0.25) is 0 Å². The van der Waals surface area contributed by atoms with Gasteiger partial charge in [0.25, 0.3) is 5.91 Å². The lowest BCUT2D eigenvalue weighted by molar-refractivity contribution is 0.0909. The number of anilines is 1. The minimum Gasteiger partial charge on any atom is -0.396 e. The fourth-order valence-corrected chi connectivity index (χ4v) is 2.34. The molecule has 4 N–H and O–H groups in total. The van der Waals surface area contributed by atoms with Gasteiger partial charge in [0, 0.05) is 12.5 Å². The van der Waals surface area contributed by atoms with Gasteiger partial charge in [0.05, 0.1) is 11.8 Å². The first-order valence-electron chi connectivity index (χ1n) is 6.20. The summed E-state index contributed by atoms with van der Waals surface area (Å²) in [7, 11) is 0. The second kappa shape index (κ2) is 5.52. The number of hydrogen-bond acceptors (Lipinski definition) is 3. The van der Waals surface area contributed by atoms with Crippen LogP contribution in [0, 0.1) is 17.6 Å².